The molecule has 4 rings (SSSR count). The van der Waals surface area contributed by atoms with Gasteiger partial charge in [0, 0.05) is 31.7 Å². The third-order valence-corrected chi connectivity index (χ3v) is 5.79. The lowest BCUT2D eigenvalue weighted by Gasteiger charge is -2.25. The van der Waals surface area contributed by atoms with Gasteiger partial charge in [0.05, 0.1) is 0 Å². The van der Waals surface area contributed by atoms with Crippen LogP contribution in [-0.2, 0) is 13.0 Å². The molecule has 1 saturated heterocycles. The molecular formula is C25H31FN6O. The maximum atomic E-state index is 14.0. The van der Waals surface area contributed by atoms with Crippen molar-refractivity contribution in [1.82, 2.24) is 15.0 Å². The van der Waals surface area contributed by atoms with E-state index in [4.69, 9.17) is 0 Å². The Morgan fingerprint density at radius 1 is 0.818 bits per heavy atom. The van der Waals surface area contributed by atoms with E-state index >= 15 is 0 Å². The Hall–Kier alpha value is -3.42. The number of anilines is 3. The lowest BCUT2D eigenvalue weighted by Crippen LogP contribution is -2.29. The van der Waals surface area contributed by atoms with E-state index in [1.165, 1.54) is 25.3 Å². The van der Waals surface area contributed by atoms with Gasteiger partial charge in [0.15, 0.2) is 0 Å². The van der Waals surface area contributed by atoms with E-state index in [-0.39, 0.29) is 11.6 Å². The van der Waals surface area contributed by atoms with Crippen LogP contribution in [0.5, 0.6) is 5.75 Å². The lowest BCUT2D eigenvalue weighted by molar-refractivity contribution is 0.475. The normalized spacial score (nSPS) is 14.4. The molecule has 0 amide bonds. The number of benzene rings is 2. The monoisotopic (exact) mass is 450 g/mol. The Morgan fingerprint density at radius 2 is 1.48 bits per heavy atom. The van der Waals surface area contributed by atoms with Gasteiger partial charge in [0.25, 0.3) is 0 Å². The zero-order chi connectivity index (χ0) is 22.9. The Balaban J connectivity index is 1.48. The van der Waals surface area contributed by atoms with Crippen LogP contribution in [0.25, 0.3) is 0 Å². The molecule has 0 radical (unpaired) electrons. The molecule has 174 valence electrons. The summed E-state index contributed by atoms with van der Waals surface area (Å²) in [6.45, 7) is 2.78. The number of halogens is 1. The first-order chi connectivity index (χ1) is 16.2. The molecular weight excluding hydrogens is 419 g/mol. The molecule has 0 aliphatic carbocycles. The van der Waals surface area contributed by atoms with E-state index in [9.17, 15) is 9.50 Å². The molecule has 0 atom stereocenters. The van der Waals surface area contributed by atoms with Crippen molar-refractivity contribution >= 4 is 17.8 Å². The van der Waals surface area contributed by atoms with Crippen molar-refractivity contribution in [2.24, 2.45) is 0 Å². The van der Waals surface area contributed by atoms with Gasteiger partial charge in [-0.1, -0.05) is 49.6 Å². The van der Waals surface area contributed by atoms with Gasteiger partial charge in [0.2, 0.25) is 17.8 Å². The van der Waals surface area contributed by atoms with E-state index in [0.29, 0.717) is 36.5 Å². The summed E-state index contributed by atoms with van der Waals surface area (Å²) >= 11 is 0. The number of aromatic nitrogens is 3. The van der Waals surface area contributed by atoms with Crippen LogP contribution in [0, 0.1) is 5.82 Å². The number of nitrogens with zero attached hydrogens (tertiary/aromatic N) is 4. The van der Waals surface area contributed by atoms with Gasteiger partial charge in [-0.15, -0.1) is 0 Å². The van der Waals surface area contributed by atoms with Crippen LogP contribution in [0.2, 0.25) is 0 Å². The van der Waals surface area contributed by atoms with E-state index in [0.717, 1.165) is 37.9 Å². The number of nitrogens with one attached hydrogen (secondary N) is 2. The summed E-state index contributed by atoms with van der Waals surface area (Å²) in [6.07, 6.45) is 6.73. The van der Waals surface area contributed by atoms with Crippen LogP contribution in [0.15, 0.2) is 48.5 Å². The third kappa shape index (κ3) is 6.78. The molecule has 1 fully saturated rings. The van der Waals surface area contributed by atoms with Gasteiger partial charge in [-0.05, 0) is 43.0 Å². The predicted octanol–water partition coefficient (Wildman–Crippen LogP) is 4.75. The van der Waals surface area contributed by atoms with Crippen molar-refractivity contribution in [3.8, 4) is 5.75 Å². The Morgan fingerprint density at radius 3 is 2.21 bits per heavy atom. The van der Waals surface area contributed by atoms with E-state index < -0.39 is 0 Å². The first kappa shape index (κ1) is 22.8. The number of hydrogen-bond acceptors (Lipinski definition) is 7. The first-order valence-electron chi connectivity index (χ1n) is 11.7. The highest BCUT2D eigenvalue weighted by atomic mass is 19.1. The lowest BCUT2D eigenvalue weighted by atomic mass is 10.1. The maximum Gasteiger partial charge on any atom is 0.231 e. The van der Waals surface area contributed by atoms with Crippen LogP contribution < -0.4 is 15.5 Å². The second-order valence-corrected chi connectivity index (χ2v) is 8.33. The molecule has 3 N–H and O–H groups in total. The maximum absolute atomic E-state index is 14.0. The van der Waals surface area contributed by atoms with Crippen molar-refractivity contribution < 1.29 is 9.50 Å². The largest absolute Gasteiger partial charge is 0.508 e. The molecule has 3 aromatic rings. The minimum atomic E-state index is -0.254. The van der Waals surface area contributed by atoms with E-state index in [1.807, 2.05) is 18.2 Å². The Kier molecular flexibility index (Phi) is 7.90. The summed E-state index contributed by atoms with van der Waals surface area (Å²) in [5.41, 5.74) is 1.67. The molecule has 0 bridgehead atoms. The van der Waals surface area contributed by atoms with Gasteiger partial charge in [-0.3, -0.25) is 0 Å². The number of rotatable bonds is 8. The third-order valence-electron chi connectivity index (χ3n) is 5.79. The summed E-state index contributed by atoms with van der Waals surface area (Å²) in [5, 5.41) is 15.9. The van der Waals surface area contributed by atoms with E-state index in [2.05, 4.69) is 30.5 Å². The summed E-state index contributed by atoms with van der Waals surface area (Å²) in [5.74, 6) is 1.58. The number of hydrogen-bond donors (Lipinski definition) is 3. The average Bonchev–Trinajstić information content (AvgIpc) is 2.80. The minimum Gasteiger partial charge on any atom is -0.508 e. The first-order valence-corrected chi connectivity index (χ1v) is 11.7. The van der Waals surface area contributed by atoms with Crippen LogP contribution >= 0.6 is 0 Å². The van der Waals surface area contributed by atoms with Crippen molar-refractivity contribution in [1.29, 1.82) is 0 Å². The molecule has 1 aliphatic rings. The zero-order valence-electron chi connectivity index (χ0n) is 18.8. The summed E-state index contributed by atoms with van der Waals surface area (Å²) in [4.78, 5) is 16.1. The molecule has 2 heterocycles. The topological polar surface area (TPSA) is 86.2 Å². The minimum absolute atomic E-state index is 0.254. The molecule has 7 nitrogen and oxygen atoms in total. The molecule has 0 unspecified atom stereocenters. The predicted molar refractivity (Wildman–Crippen MR) is 129 cm³/mol. The standard InChI is InChI=1S/C25H31FN6O/c26-22-9-5-4-8-20(22)18-28-24-29-23(27-15-14-19-10-12-21(33)13-11-19)30-25(31-24)32-16-6-2-1-3-7-17-32/h4-5,8-13,33H,1-3,6-7,14-18H2,(H2,27,28,29,30,31). The van der Waals surface area contributed by atoms with Gasteiger partial charge >= 0.3 is 0 Å². The molecule has 1 aromatic heterocycles. The Bertz CT molecular complexity index is 1020. The van der Waals surface area contributed by atoms with Crippen molar-refractivity contribution in [3.63, 3.8) is 0 Å². The summed E-state index contributed by atoms with van der Waals surface area (Å²) in [7, 11) is 0. The van der Waals surface area contributed by atoms with Gasteiger partial charge in [-0.2, -0.15) is 15.0 Å². The van der Waals surface area contributed by atoms with Crippen LogP contribution in [-0.4, -0.2) is 39.7 Å². The van der Waals surface area contributed by atoms with Crippen molar-refractivity contribution in [3.05, 3.63) is 65.5 Å². The highest BCUT2D eigenvalue weighted by Crippen LogP contribution is 2.19. The van der Waals surface area contributed by atoms with E-state index in [1.54, 1.807) is 24.3 Å². The molecule has 2 aromatic carbocycles. The SMILES string of the molecule is Oc1ccc(CCNc2nc(NCc3ccccc3F)nc(N3CCCCCCC3)n2)cc1. The number of phenols is 1. The van der Waals surface area contributed by atoms with Crippen molar-refractivity contribution in [2.45, 2.75) is 45.1 Å². The average molecular weight is 451 g/mol. The molecule has 0 saturated carbocycles. The van der Waals surface area contributed by atoms with Gasteiger partial charge < -0.3 is 20.6 Å². The summed E-state index contributed by atoms with van der Waals surface area (Å²) < 4.78 is 14.0. The fourth-order valence-electron chi connectivity index (χ4n) is 3.91. The quantitative estimate of drug-likeness (QED) is 0.456. The fraction of sp³-hybridized carbons (Fsp3) is 0.400. The second kappa shape index (κ2) is 11.4. The Labute approximate surface area is 194 Å². The second-order valence-electron chi connectivity index (χ2n) is 8.33. The van der Waals surface area contributed by atoms with Crippen molar-refractivity contribution in [2.75, 3.05) is 35.2 Å². The fourth-order valence-corrected chi connectivity index (χ4v) is 3.91. The van der Waals surface area contributed by atoms with Gasteiger partial charge in [-0.25, -0.2) is 4.39 Å². The van der Waals surface area contributed by atoms with Gasteiger partial charge in [0.1, 0.15) is 11.6 Å². The highest BCUT2D eigenvalue weighted by molar-refractivity contribution is 5.44. The smallest absolute Gasteiger partial charge is 0.231 e. The molecule has 33 heavy (non-hydrogen) atoms. The molecule has 8 heteroatoms. The number of aromatic hydroxyl groups is 1. The zero-order valence-corrected chi connectivity index (χ0v) is 18.8. The van der Waals surface area contributed by atoms with Crippen LogP contribution in [0.1, 0.15) is 43.2 Å². The highest BCUT2D eigenvalue weighted by Gasteiger charge is 2.15. The van der Waals surface area contributed by atoms with Crippen LogP contribution in [0.4, 0.5) is 22.2 Å². The molecule has 1 aliphatic heterocycles. The molecule has 0 spiro atoms. The van der Waals surface area contributed by atoms with Crippen LogP contribution in [0.3, 0.4) is 0 Å². The number of phenolic OH excluding ortho intramolecular Hbond substituents is 1. The summed E-state index contributed by atoms with van der Waals surface area (Å²) in [6, 6.07) is 13.9.